The van der Waals surface area contributed by atoms with Crippen LogP contribution in [0.5, 0.6) is 0 Å². The Labute approximate surface area is 158 Å². The standard InChI is InChI=1S/C23H22N2O2/c1-23(2,3)17-10-7-15(8-11-17)21-20-6-5-13-25(20)19-12-9-16(22(26)27-4)14-18(19)24-21/h5-14H,1-4H3. The Bertz CT molecular complexity index is 1150. The van der Waals surface area contributed by atoms with Crippen molar-refractivity contribution >= 4 is 22.5 Å². The summed E-state index contributed by atoms with van der Waals surface area (Å²) >= 11 is 0. The van der Waals surface area contributed by atoms with Gasteiger partial charge in [-0.25, -0.2) is 9.78 Å². The maximum Gasteiger partial charge on any atom is 0.337 e. The molecule has 0 amide bonds. The number of esters is 1. The third-order valence-electron chi connectivity index (χ3n) is 4.90. The highest BCUT2D eigenvalue weighted by Crippen LogP contribution is 2.30. The summed E-state index contributed by atoms with van der Waals surface area (Å²) in [4.78, 5) is 16.8. The van der Waals surface area contributed by atoms with E-state index in [4.69, 9.17) is 9.72 Å². The van der Waals surface area contributed by atoms with E-state index < -0.39 is 0 Å². The number of rotatable bonds is 2. The van der Waals surface area contributed by atoms with Crippen molar-refractivity contribution in [3.63, 3.8) is 0 Å². The molecule has 0 bridgehead atoms. The van der Waals surface area contributed by atoms with Gasteiger partial charge in [-0.15, -0.1) is 0 Å². The summed E-state index contributed by atoms with van der Waals surface area (Å²) in [5.74, 6) is -0.359. The molecule has 0 fully saturated rings. The van der Waals surface area contributed by atoms with Crippen molar-refractivity contribution < 1.29 is 9.53 Å². The summed E-state index contributed by atoms with van der Waals surface area (Å²) in [6.45, 7) is 6.61. The molecule has 136 valence electrons. The Morgan fingerprint density at radius 3 is 2.41 bits per heavy atom. The molecule has 0 saturated carbocycles. The maximum atomic E-state index is 11.9. The molecule has 27 heavy (non-hydrogen) atoms. The van der Waals surface area contributed by atoms with Crippen molar-refractivity contribution in [3.8, 4) is 11.3 Å². The van der Waals surface area contributed by atoms with Crippen LogP contribution in [0.25, 0.3) is 27.8 Å². The van der Waals surface area contributed by atoms with Gasteiger partial charge in [-0.2, -0.15) is 0 Å². The van der Waals surface area contributed by atoms with Gasteiger partial charge in [0.2, 0.25) is 0 Å². The summed E-state index contributed by atoms with van der Waals surface area (Å²) < 4.78 is 6.95. The molecule has 2 aromatic heterocycles. The van der Waals surface area contributed by atoms with E-state index in [1.165, 1.54) is 12.7 Å². The van der Waals surface area contributed by atoms with Crippen molar-refractivity contribution in [1.82, 2.24) is 9.38 Å². The van der Waals surface area contributed by atoms with E-state index in [0.717, 1.165) is 27.8 Å². The Kier molecular flexibility index (Phi) is 3.99. The first-order valence-electron chi connectivity index (χ1n) is 8.98. The molecular formula is C23H22N2O2. The van der Waals surface area contributed by atoms with Crippen LogP contribution in [-0.2, 0) is 10.2 Å². The highest BCUT2D eigenvalue weighted by atomic mass is 16.5. The minimum atomic E-state index is -0.359. The predicted octanol–water partition coefficient (Wildman–Crippen LogP) is 5.24. The SMILES string of the molecule is COC(=O)c1ccc2c(c1)nc(-c1ccc(C(C)(C)C)cc1)c1cccn12. The summed E-state index contributed by atoms with van der Waals surface area (Å²) in [6.07, 6.45) is 2.02. The molecule has 0 radical (unpaired) electrons. The fourth-order valence-electron chi connectivity index (χ4n) is 3.36. The number of nitrogens with zero attached hydrogens (tertiary/aromatic N) is 2. The first-order valence-corrected chi connectivity index (χ1v) is 8.98. The molecule has 2 heterocycles. The van der Waals surface area contributed by atoms with E-state index in [1.54, 1.807) is 12.1 Å². The molecule has 4 heteroatoms. The van der Waals surface area contributed by atoms with Gasteiger partial charge in [0.1, 0.15) is 0 Å². The molecule has 0 atom stereocenters. The van der Waals surface area contributed by atoms with Crippen molar-refractivity contribution in [1.29, 1.82) is 0 Å². The van der Waals surface area contributed by atoms with Gasteiger partial charge in [0.15, 0.2) is 0 Å². The van der Waals surface area contributed by atoms with Gasteiger partial charge < -0.3 is 9.14 Å². The minimum Gasteiger partial charge on any atom is -0.465 e. The largest absolute Gasteiger partial charge is 0.465 e. The second-order valence-electron chi connectivity index (χ2n) is 7.75. The lowest BCUT2D eigenvalue weighted by Crippen LogP contribution is -2.10. The number of ether oxygens (including phenoxy) is 1. The van der Waals surface area contributed by atoms with Crippen LogP contribution in [0.15, 0.2) is 60.8 Å². The molecular weight excluding hydrogens is 336 g/mol. The molecule has 0 aliphatic rings. The molecule has 0 aliphatic carbocycles. The zero-order valence-corrected chi connectivity index (χ0v) is 16.0. The lowest BCUT2D eigenvalue weighted by molar-refractivity contribution is 0.0601. The second kappa shape index (κ2) is 6.23. The Hall–Kier alpha value is -3.14. The number of fused-ring (bicyclic) bond motifs is 3. The van der Waals surface area contributed by atoms with E-state index in [0.29, 0.717) is 5.56 Å². The predicted molar refractivity (Wildman–Crippen MR) is 108 cm³/mol. The lowest BCUT2D eigenvalue weighted by atomic mass is 9.86. The zero-order chi connectivity index (χ0) is 19.2. The molecule has 2 aromatic carbocycles. The summed E-state index contributed by atoms with van der Waals surface area (Å²) in [5.41, 5.74) is 6.59. The Morgan fingerprint density at radius 1 is 1.00 bits per heavy atom. The van der Waals surface area contributed by atoms with Crippen molar-refractivity contribution in [2.24, 2.45) is 0 Å². The molecule has 0 saturated heterocycles. The monoisotopic (exact) mass is 358 g/mol. The minimum absolute atomic E-state index is 0.106. The van der Waals surface area contributed by atoms with Crippen LogP contribution in [0.3, 0.4) is 0 Å². The van der Waals surface area contributed by atoms with Gasteiger partial charge in [0.25, 0.3) is 0 Å². The van der Waals surface area contributed by atoms with Gasteiger partial charge in [-0.05, 0) is 41.3 Å². The number of benzene rings is 2. The van der Waals surface area contributed by atoms with Crippen LogP contribution in [-0.4, -0.2) is 22.5 Å². The van der Waals surface area contributed by atoms with Gasteiger partial charge in [0.05, 0.1) is 34.9 Å². The summed E-state index contributed by atoms with van der Waals surface area (Å²) in [5, 5.41) is 0. The number of hydrogen-bond acceptors (Lipinski definition) is 3. The Morgan fingerprint density at radius 2 is 1.74 bits per heavy atom. The Balaban J connectivity index is 1.93. The van der Waals surface area contributed by atoms with Gasteiger partial charge in [0, 0.05) is 11.8 Å². The molecule has 4 nitrogen and oxygen atoms in total. The molecule has 0 spiro atoms. The topological polar surface area (TPSA) is 43.6 Å². The van der Waals surface area contributed by atoms with Gasteiger partial charge in [-0.1, -0.05) is 45.0 Å². The zero-order valence-electron chi connectivity index (χ0n) is 16.0. The van der Waals surface area contributed by atoms with Crippen LogP contribution in [0, 0.1) is 0 Å². The van der Waals surface area contributed by atoms with E-state index >= 15 is 0 Å². The number of carbonyl (C=O) groups is 1. The first kappa shape index (κ1) is 17.3. The van der Waals surface area contributed by atoms with Crippen LogP contribution >= 0.6 is 0 Å². The maximum absolute atomic E-state index is 11.9. The van der Waals surface area contributed by atoms with Crippen molar-refractivity contribution in [3.05, 3.63) is 71.9 Å². The smallest absolute Gasteiger partial charge is 0.337 e. The fourth-order valence-corrected chi connectivity index (χ4v) is 3.36. The van der Waals surface area contributed by atoms with E-state index in [9.17, 15) is 4.79 Å². The highest BCUT2D eigenvalue weighted by Gasteiger charge is 2.16. The lowest BCUT2D eigenvalue weighted by Gasteiger charge is -2.19. The first-order chi connectivity index (χ1) is 12.9. The van der Waals surface area contributed by atoms with Gasteiger partial charge in [-0.3, -0.25) is 0 Å². The number of aromatic nitrogens is 2. The van der Waals surface area contributed by atoms with E-state index in [2.05, 4.69) is 55.5 Å². The average Bonchev–Trinajstić information content (AvgIpc) is 3.15. The number of carbonyl (C=O) groups excluding carboxylic acids is 1. The summed E-state index contributed by atoms with van der Waals surface area (Å²) in [7, 11) is 1.39. The third-order valence-corrected chi connectivity index (χ3v) is 4.90. The number of methoxy groups -OCH3 is 1. The number of hydrogen-bond donors (Lipinski definition) is 0. The van der Waals surface area contributed by atoms with Crippen molar-refractivity contribution in [2.75, 3.05) is 7.11 Å². The highest BCUT2D eigenvalue weighted by molar-refractivity contribution is 5.95. The van der Waals surface area contributed by atoms with E-state index in [1.807, 2.05) is 18.3 Å². The quantitative estimate of drug-likeness (QED) is 0.460. The normalized spacial score (nSPS) is 11.9. The molecule has 0 unspecified atom stereocenters. The van der Waals surface area contributed by atoms with Gasteiger partial charge >= 0.3 is 5.97 Å². The molecule has 0 aliphatic heterocycles. The van der Waals surface area contributed by atoms with Crippen LogP contribution in [0.4, 0.5) is 0 Å². The third kappa shape index (κ3) is 2.97. The average molecular weight is 358 g/mol. The van der Waals surface area contributed by atoms with Crippen molar-refractivity contribution in [2.45, 2.75) is 26.2 Å². The molecule has 0 N–H and O–H groups in total. The van der Waals surface area contributed by atoms with E-state index in [-0.39, 0.29) is 11.4 Å². The fraction of sp³-hybridized carbons (Fsp3) is 0.217. The molecule has 4 aromatic rings. The van der Waals surface area contributed by atoms with Crippen LogP contribution < -0.4 is 0 Å². The second-order valence-corrected chi connectivity index (χ2v) is 7.75. The van der Waals surface area contributed by atoms with Crippen LogP contribution in [0.1, 0.15) is 36.7 Å². The van der Waals surface area contributed by atoms with Crippen LogP contribution in [0.2, 0.25) is 0 Å². The summed E-state index contributed by atoms with van der Waals surface area (Å²) in [6, 6.07) is 18.1. The molecule has 4 rings (SSSR count).